The highest BCUT2D eigenvalue weighted by atomic mass is 35.5. The van der Waals surface area contributed by atoms with Gasteiger partial charge in [0.25, 0.3) is 0 Å². The fourth-order valence-corrected chi connectivity index (χ4v) is 5.47. The second kappa shape index (κ2) is 8.52. The zero-order chi connectivity index (χ0) is 18.6. The Balaban J connectivity index is 1.50. The minimum atomic E-state index is -3.39. The Morgan fingerprint density at radius 1 is 1.12 bits per heavy atom. The molecule has 8 heteroatoms. The number of halogens is 1. The second-order valence-electron chi connectivity index (χ2n) is 6.24. The maximum Gasteiger partial charge on any atom is 0.243 e. The Morgan fingerprint density at radius 2 is 1.81 bits per heavy atom. The average molecular weight is 413 g/mol. The lowest BCUT2D eigenvalue weighted by molar-refractivity contribution is -0.121. The molecule has 0 atom stereocenters. The Hall–Kier alpha value is -1.41. The van der Waals surface area contributed by atoms with E-state index in [2.05, 4.69) is 5.32 Å². The van der Waals surface area contributed by atoms with E-state index in [1.807, 2.05) is 12.1 Å². The van der Waals surface area contributed by atoms with Crippen molar-refractivity contribution in [2.45, 2.75) is 37.1 Å². The number of benzene rings is 1. The third kappa shape index (κ3) is 4.85. The van der Waals surface area contributed by atoms with Crippen molar-refractivity contribution in [3.05, 3.63) is 51.2 Å². The van der Waals surface area contributed by atoms with Crippen molar-refractivity contribution in [1.82, 2.24) is 9.62 Å². The first-order valence-corrected chi connectivity index (χ1v) is 11.2. The van der Waals surface area contributed by atoms with Crippen LogP contribution in [0.2, 0.25) is 4.34 Å². The highest BCUT2D eigenvalue weighted by molar-refractivity contribution is 7.89. The molecular weight excluding hydrogens is 392 g/mol. The zero-order valence-electron chi connectivity index (χ0n) is 14.3. The number of carbonyl (C=O) groups excluding carboxylic acids is 1. The van der Waals surface area contributed by atoms with Crippen LogP contribution in [0.5, 0.6) is 0 Å². The van der Waals surface area contributed by atoms with Crippen LogP contribution in [0.25, 0.3) is 0 Å². The molecule has 0 spiro atoms. The van der Waals surface area contributed by atoms with Gasteiger partial charge >= 0.3 is 0 Å². The standard InChI is InChI=1S/C18H21ClN2O3S2/c19-17-9-5-15(25-17)6-10-18(22)20-13-14-3-7-16(8-4-14)26(23,24)21-11-1-2-12-21/h3-5,7-9H,1-2,6,10-13H2,(H,20,22). The van der Waals surface area contributed by atoms with Gasteiger partial charge < -0.3 is 5.32 Å². The highest BCUT2D eigenvalue weighted by Gasteiger charge is 2.26. The summed E-state index contributed by atoms with van der Waals surface area (Å²) in [6.07, 6.45) is 2.90. The smallest absolute Gasteiger partial charge is 0.243 e. The summed E-state index contributed by atoms with van der Waals surface area (Å²) in [7, 11) is -3.39. The summed E-state index contributed by atoms with van der Waals surface area (Å²) in [4.78, 5) is 13.3. The van der Waals surface area contributed by atoms with Gasteiger partial charge in [-0.3, -0.25) is 4.79 Å². The topological polar surface area (TPSA) is 66.5 Å². The average Bonchev–Trinajstić information content (AvgIpc) is 3.30. The number of thiophene rings is 1. The second-order valence-corrected chi connectivity index (χ2v) is 9.98. The lowest BCUT2D eigenvalue weighted by Crippen LogP contribution is -2.28. The SMILES string of the molecule is O=C(CCc1ccc(Cl)s1)NCc1ccc(S(=O)(=O)N2CCCC2)cc1. The molecule has 1 fully saturated rings. The molecule has 1 N–H and O–H groups in total. The molecule has 140 valence electrons. The monoisotopic (exact) mass is 412 g/mol. The molecule has 2 heterocycles. The first-order chi connectivity index (χ1) is 12.4. The molecule has 1 aromatic carbocycles. The van der Waals surface area contributed by atoms with E-state index in [-0.39, 0.29) is 5.91 Å². The molecule has 1 amide bonds. The minimum Gasteiger partial charge on any atom is -0.352 e. The Bertz CT molecular complexity index is 857. The number of rotatable bonds is 7. The molecule has 0 aliphatic carbocycles. The summed E-state index contributed by atoms with van der Waals surface area (Å²) in [6.45, 7) is 1.57. The first kappa shape index (κ1) is 19.4. The van der Waals surface area contributed by atoms with Crippen LogP contribution >= 0.6 is 22.9 Å². The molecule has 1 aromatic heterocycles. The maximum atomic E-state index is 12.5. The summed E-state index contributed by atoms with van der Waals surface area (Å²) in [5.41, 5.74) is 0.873. The van der Waals surface area contributed by atoms with E-state index in [4.69, 9.17) is 11.6 Å². The quantitative estimate of drug-likeness (QED) is 0.757. The van der Waals surface area contributed by atoms with Crippen LogP contribution in [0.1, 0.15) is 29.7 Å². The van der Waals surface area contributed by atoms with E-state index < -0.39 is 10.0 Å². The molecule has 0 radical (unpaired) electrons. The predicted molar refractivity (Wildman–Crippen MR) is 104 cm³/mol. The van der Waals surface area contributed by atoms with Crippen LogP contribution in [0, 0.1) is 0 Å². The number of hydrogen-bond acceptors (Lipinski definition) is 4. The van der Waals surface area contributed by atoms with Gasteiger partial charge in [0.15, 0.2) is 0 Å². The van der Waals surface area contributed by atoms with Crippen molar-refractivity contribution in [1.29, 1.82) is 0 Å². The molecule has 0 saturated carbocycles. The summed E-state index contributed by atoms with van der Waals surface area (Å²) < 4.78 is 27.2. The Labute approximate surface area is 163 Å². The number of aryl methyl sites for hydroxylation is 1. The molecule has 2 aromatic rings. The number of nitrogens with one attached hydrogen (secondary N) is 1. The van der Waals surface area contributed by atoms with Crippen LogP contribution in [0.4, 0.5) is 0 Å². The van der Waals surface area contributed by atoms with Crippen molar-refractivity contribution in [2.24, 2.45) is 0 Å². The van der Waals surface area contributed by atoms with Crippen molar-refractivity contribution < 1.29 is 13.2 Å². The van der Waals surface area contributed by atoms with Gasteiger partial charge in [-0.25, -0.2) is 8.42 Å². The van der Waals surface area contributed by atoms with Crippen LogP contribution in [0.15, 0.2) is 41.3 Å². The number of nitrogens with zero attached hydrogens (tertiary/aromatic N) is 1. The molecule has 1 saturated heterocycles. The fraction of sp³-hybridized carbons (Fsp3) is 0.389. The van der Waals surface area contributed by atoms with Gasteiger partial charge in [0.05, 0.1) is 9.23 Å². The molecule has 0 unspecified atom stereocenters. The number of hydrogen-bond donors (Lipinski definition) is 1. The third-order valence-electron chi connectivity index (χ3n) is 4.34. The van der Waals surface area contributed by atoms with Gasteiger partial charge in [-0.1, -0.05) is 23.7 Å². The van der Waals surface area contributed by atoms with Gasteiger partial charge in [0, 0.05) is 30.9 Å². The van der Waals surface area contributed by atoms with Crippen molar-refractivity contribution in [3.8, 4) is 0 Å². The lowest BCUT2D eigenvalue weighted by Gasteiger charge is -2.15. The molecule has 26 heavy (non-hydrogen) atoms. The molecular formula is C18H21ClN2O3S2. The van der Waals surface area contributed by atoms with Gasteiger partial charge in [-0.15, -0.1) is 11.3 Å². The number of sulfonamides is 1. The van der Waals surface area contributed by atoms with E-state index in [1.165, 1.54) is 15.6 Å². The van der Waals surface area contributed by atoms with E-state index in [0.717, 1.165) is 27.6 Å². The molecule has 3 rings (SSSR count). The van der Waals surface area contributed by atoms with E-state index in [1.54, 1.807) is 24.3 Å². The van der Waals surface area contributed by atoms with E-state index in [0.29, 0.717) is 37.4 Å². The number of amides is 1. The predicted octanol–water partition coefficient (Wildman–Crippen LogP) is 3.44. The van der Waals surface area contributed by atoms with Gasteiger partial charge in [0.2, 0.25) is 15.9 Å². The maximum absolute atomic E-state index is 12.5. The van der Waals surface area contributed by atoms with Gasteiger partial charge in [-0.2, -0.15) is 4.31 Å². The summed E-state index contributed by atoms with van der Waals surface area (Å²) in [6, 6.07) is 10.5. The van der Waals surface area contributed by atoms with Gasteiger partial charge in [0.1, 0.15) is 0 Å². The van der Waals surface area contributed by atoms with Crippen molar-refractivity contribution >= 4 is 38.9 Å². The van der Waals surface area contributed by atoms with E-state index in [9.17, 15) is 13.2 Å². The van der Waals surface area contributed by atoms with Gasteiger partial charge in [-0.05, 0) is 49.1 Å². The third-order valence-corrected chi connectivity index (χ3v) is 7.55. The minimum absolute atomic E-state index is 0.0386. The Kier molecular flexibility index (Phi) is 6.34. The van der Waals surface area contributed by atoms with Crippen molar-refractivity contribution in [2.75, 3.05) is 13.1 Å². The molecule has 5 nitrogen and oxygen atoms in total. The van der Waals surface area contributed by atoms with Crippen molar-refractivity contribution in [3.63, 3.8) is 0 Å². The fourth-order valence-electron chi connectivity index (χ4n) is 2.87. The van der Waals surface area contributed by atoms with E-state index >= 15 is 0 Å². The zero-order valence-corrected chi connectivity index (χ0v) is 16.7. The van der Waals surface area contributed by atoms with Crippen LogP contribution < -0.4 is 5.32 Å². The van der Waals surface area contributed by atoms with Crippen LogP contribution in [-0.2, 0) is 27.8 Å². The molecule has 0 bridgehead atoms. The molecule has 1 aliphatic rings. The lowest BCUT2D eigenvalue weighted by atomic mass is 10.2. The first-order valence-electron chi connectivity index (χ1n) is 8.55. The summed E-state index contributed by atoms with van der Waals surface area (Å²) in [5.74, 6) is -0.0386. The van der Waals surface area contributed by atoms with Crippen LogP contribution in [0.3, 0.4) is 0 Å². The number of carbonyl (C=O) groups is 1. The normalized spacial score (nSPS) is 15.3. The highest BCUT2D eigenvalue weighted by Crippen LogP contribution is 2.23. The summed E-state index contributed by atoms with van der Waals surface area (Å²) >= 11 is 7.36. The largest absolute Gasteiger partial charge is 0.352 e. The van der Waals surface area contributed by atoms with Crippen LogP contribution in [-0.4, -0.2) is 31.7 Å². The Morgan fingerprint density at radius 3 is 2.42 bits per heavy atom. The summed E-state index contributed by atoms with van der Waals surface area (Å²) in [5, 5.41) is 2.86. The molecule has 1 aliphatic heterocycles.